The van der Waals surface area contributed by atoms with Crippen LogP contribution in [0.25, 0.3) is 11.1 Å². The van der Waals surface area contributed by atoms with Crippen LogP contribution in [0.4, 0.5) is 20.6 Å². The zero-order valence-electron chi connectivity index (χ0n) is 27.4. The van der Waals surface area contributed by atoms with Gasteiger partial charge in [0.2, 0.25) is 0 Å². The van der Waals surface area contributed by atoms with E-state index < -0.39 is 23.3 Å². The Morgan fingerprint density at radius 3 is 2.18 bits per heavy atom. The molecule has 0 saturated carbocycles. The third-order valence-corrected chi connectivity index (χ3v) is 9.20. The second-order valence-corrected chi connectivity index (χ2v) is 13.9. The number of hydrogen-bond acceptors (Lipinski definition) is 8. The molecule has 49 heavy (non-hydrogen) atoms. The highest BCUT2D eigenvalue weighted by molar-refractivity contribution is 6.40. The summed E-state index contributed by atoms with van der Waals surface area (Å²) in [7, 11) is 0. The summed E-state index contributed by atoms with van der Waals surface area (Å²) < 4.78 is 32.5. The van der Waals surface area contributed by atoms with E-state index >= 15 is 4.39 Å². The van der Waals surface area contributed by atoms with Gasteiger partial charge in [-0.3, -0.25) is 4.79 Å². The Bertz CT molecular complexity index is 1760. The Balaban J connectivity index is 1.19. The predicted molar refractivity (Wildman–Crippen MR) is 184 cm³/mol. The van der Waals surface area contributed by atoms with Gasteiger partial charge in [-0.1, -0.05) is 41.4 Å². The molecule has 3 heterocycles. The first-order valence-electron chi connectivity index (χ1n) is 16.0. The minimum Gasteiger partial charge on any atom is -0.478 e. The Kier molecular flexibility index (Phi) is 9.83. The molecule has 2 fully saturated rings. The molecule has 1 N–H and O–H groups in total. The van der Waals surface area contributed by atoms with Crippen LogP contribution in [-0.4, -0.2) is 97.7 Å². The maximum absolute atomic E-state index is 15.5. The highest BCUT2D eigenvalue weighted by atomic mass is 35.5. The molecule has 0 spiro atoms. The van der Waals surface area contributed by atoms with Crippen molar-refractivity contribution in [3.05, 3.63) is 75.0 Å². The molecule has 2 amide bonds. The van der Waals surface area contributed by atoms with Gasteiger partial charge in [0.05, 0.1) is 46.6 Å². The van der Waals surface area contributed by atoms with Gasteiger partial charge in [0.25, 0.3) is 5.91 Å². The molecule has 3 aliphatic rings. The highest BCUT2D eigenvalue weighted by Crippen LogP contribution is 2.41. The Labute approximate surface area is 293 Å². The zero-order chi connectivity index (χ0) is 35.0. The molecule has 3 aliphatic heterocycles. The van der Waals surface area contributed by atoms with E-state index in [-0.39, 0.29) is 46.1 Å². The predicted octanol–water partition coefficient (Wildman–Crippen LogP) is 6.38. The van der Waals surface area contributed by atoms with Gasteiger partial charge in [-0.2, -0.15) is 0 Å². The van der Waals surface area contributed by atoms with Crippen LogP contribution in [0, 0.1) is 5.82 Å². The van der Waals surface area contributed by atoms with E-state index in [0.29, 0.717) is 75.0 Å². The van der Waals surface area contributed by atoms with Crippen molar-refractivity contribution in [1.82, 2.24) is 9.80 Å². The first kappa shape index (κ1) is 34.6. The van der Waals surface area contributed by atoms with Gasteiger partial charge in [-0.25, -0.2) is 14.0 Å². The molecule has 11 nitrogen and oxygen atoms in total. The summed E-state index contributed by atoms with van der Waals surface area (Å²) >= 11 is 13.4. The number of carbonyl (C=O) groups is 3. The summed E-state index contributed by atoms with van der Waals surface area (Å²) in [4.78, 5) is 45.3. The number of rotatable bonds is 5. The third-order valence-electron chi connectivity index (χ3n) is 8.60. The zero-order valence-corrected chi connectivity index (χ0v) is 28.9. The summed E-state index contributed by atoms with van der Waals surface area (Å²) in [5, 5.41) is 10.2. The molecular formula is C35H37Cl2FN4O7. The minimum atomic E-state index is -1.22. The molecule has 0 aliphatic carbocycles. The van der Waals surface area contributed by atoms with Crippen molar-refractivity contribution in [1.29, 1.82) is 0 Å². The van der Waals surface area contributed by atoms with Gasteiger partial charge in [0.1, 0.15) is 17.2 Å². The largest absolute Gasteiger partial charge is 0.478 e. The number of piperazine rings is 1. The number of carbonyl (C=O) groups excluding carboxylic acids is 2. The molecule has 3 aromatic carbocycles. The van der Waals surface area contributed by atoms with Crippen molar-refractivity contribution >= 4 is 52.5 Å². The number of carboxylic acid groups (broad SMARTS) is 1. The van der Waals surface area contributed by atoms with Crippen molar-refractivity contribution in [2.45, 2.75) is 32.9 Å². The first-order valence-corrected chi connectivity index (χ1v) is 16.7. The topological polar surface area (TPSA) is 112 Å². The molecule has 0 bridgehead atoms. The number of para-hydroxylation sites is 1. The standard InChI is InChI=1S/C35H37Cl2FN4O7/c1-35(2,3)49-34(46)41-9-7-39(8-10-41)22-15-26(36)30(27(37)16-22)32(43)42-19-21-5-4-6-23(31(21)48-20-42)24-18-29(40-11-13-47-14-12-40)25(33(44)45)17-28(24)38/h4-6,15-18H,7-14,19-20H2,1-3H3,(H,44,45). The maximum Gasteiger partial charge on any atom is 0.410 e. The Morgan fingerprint density at radius 1 is 0.878 bits per heavy atom. The fourth-order valence-corrected chi connectivity index (χ4v) is 6.84. The average molecular weight is 716 g/mol. The number of hydrogen-bond donors (Lipinski definition) is 1. The van der Waals surface area contributed by atoms with Gasteiger partial charge in [-0.15, -0.1) is 0 Å². The SMILES string of the molecule is CC(C)(C)OC(=O)N1CCN(c2cc(Cl)c(C(=O)N3COc4c(cccc4-c4cc(N5CCOCC5)c(C(=O)O)cc4F)C3)c(Cl)c2)CC1. The van der Waals surface area contributed by atoms with E-state index in [4.69, 9.17) is 37.4 Å². The summed E-state index contributed by atoms with van der Waals surface area (Å²) in [6.07, 6.45) is -0.361. The minimum absolute atomic E-state index is 0.131. The molecule has 6 rings (SSSR count). The van der Waals surface area contributed by atoms with Crippen LogP contribution in [-0.2, 0) is 16.0 Å². The lowest BCUT2D eigenvalue weighted by atomic mass is 9.97. The quantitative estimate of drug-likeness (QED) is 0.322. The number of ether oxygens (including phenoxy) is 3. The Hall–Kier alpha value is -4.26. The van der Waals surface area contributed by atoms with Gasteiger partial charge >= 0.3 is 12.1 Å². The van der Waals surface area contributed by atoms with Gasteiger partial charge in [0.15, 0.2) is 6.73 Å². The number of amides is 2. The van der Waals surface area contributed by atoms with Crippen LogP contribution in [0.2, 0.25) is 10.0 Å². The summed E-state index contributed by atoms with van der Waals surface area (Å²) in [6.45, 7) is 9.28. The van der Waals surface area contributed by atoms with Crippen molar-refractivity contribution in [3.8, 4) is 16.9 Å². The van der Waals surface area contributed by atoms with Crippen molar-refractivity contribution in [2.24, 2.45) is 0 Å². The Morgan fingerprint density at radius 2 is 1.55 bits per heavy atom. The van der Waals surface area contributed by atoms with Gasteiger partial charge < -0.3 is 38.9 Å². The van der Waals surface area contributed by atoms with Gasteiger partial charge in [-0.05, 0) is 45.0 Å². The van der Waals surface area contributed by atoms with Crippen LogP contribution < -0.4 is 14.5 Å². The van der Waals surface area contributed by atoms with E-state index in [2.05, 4.69) is 0 Å². The number of anilines is 2. The number of nitrogens with zero attached hydrogens (tertiary/aromatic N) is 4. The molecule has 0 radical (unpaired) electrons. The second-order valence-electron chi connectivity index (χ2n) is 13.1. The number of carboxylic acids is 1. The van der Waals surface area contributed by atoms with Crippen LogP contribution in [0.15, 0.2) is 42.5 Å². The summed E-state index contributed by atoms with van der Waals surface area (Å²) in [6, 6.07) is 11.2. The number of aromatic carboxylic acids is 1. The van der Waals surface area contributed by atoms with Crippen LogP contribution in [0.3, 0.4) is 0 Å². The van der Waals surface area contributed by atoms with Crippen LogP contribution in [0.5, 0.6) is 5.75 Å². The monoisotopic (exact) mass is 714 g/mol. The maximum atomic E-state index is 15.5. The van der Waals surface area contributed by atoms with Crippen LogP contribution in [0.1, 0.15) is 47.1 Å². The molecule has 0 atom stereocenters. The lowest BCUT2D eigenvalue weighted by Crippen LogP contribution is -2.50. The lowest BCUT2D eigenvalue weighted by Gasteiger charge is -2.37. The van der Waals surface area contributed by atoms with Crippen molar-refractivity contribution in [2.75, 3.05) is 69.0 Å². The highest BCUT2D eigenvalue weighted by Gasteiger charge is 2.31. The van der Waals surface area contributed by atoms with E-state index in [1.54, 1.807) is 41.3 Å². The molecule has 260 valence electrons. The summed E-state index contributed by atoms with van der Waals surface area (Å²) in [5.74, 6) is -1.95. The van der Waals surface area contributed by atoms with Crippen LogP contribution >= 0.6 is 23.2 Å². The summed E-state index contributed by atoms with van der Waals surface area (Å²) in [5.41, 5.74) is 1.82. The number of fused-ring (bicyclic) bond motifs is 1. The molecule has 2 saturated heterocycles. The number of halogens is 3. The molecule has 14 heteroatoms. The molecule has 0 unspecified atom stereocenters. The fraction of sp³-hybridized carbons (Fsp3) is 0.400. The second kappa shape index (κ2) is 13.9. The van der Waals surface area contributed by atoms with E-state index in [1.807, 2.05) is 30.6 Å². The van der Waals surface area contributed by atoms with Crippen molar-refractivity contribution in [3.63, 3.8) is 0 Å². The lowest BCUT2D eigenvalue weighted by molar-refractivity contribution is 0.0240. The van der Waals surface area contributed by atoms with E-state index in [1.165, 1.54) is 4.90 Å². The van der Waals surface area contributed by atoms with E-state index in [0.717, 1.165) is 11.8 Å². The smallest absolute Gasteiger partial charge is 0.410 e. The number of morpholine rings is 1. The van der Waals surface area contributed by atoms with Crippen molar-refractivity contribution < 1.29 is 38.1 Å². The third kappa shape index (κ3) is 7.36. The normalized spacial score (nSPS) is 16.6. The first-order chi connectivity index (χ1) is 23.3. The van der Waals surface area contributed by atoms with E-state index in [9.17, 15) is 19.5 Å². The van der Waals surface area contributed by atoms with Gasteiger partial charge in [0, 0.05) is 61.6 Å². The average Bonchev–Trinajstić information content (AvgIpc) is 3.07. The molecule has 0 aromatic heterocycles. The molecule has 3 aromatic rings. The fourth-order valence-electron chi connectivity index (χ4n) is 6.20. The number of benzene rings is 3. The molecular weight excluding hydrogens is 678 g/mol.